The molecule has 0 bridgehead atoms. The van der Waals surface area contributed by atoms with Crippen LogP contribution >= 0.6 is 0 Å². The number of rotatable bonds is 1. The largest absolute Gasteiger partial charge is 0.309 e. The topological polar surface area (TPSA) is 19.1 Å². The third-order valence-corrected chi connectivity index (χ3v) is 2.47. The number of nitrogens with one attached hydrogen (secondary N) is 1. The first-order chi connectivity index (χ1) is 6.38. The van der Waals surface area contributed by atoms with Gasteiger partial charge in [0.2, 0.25) is 0 Å². The molecule has 1 aliphatic rings. The number of nitrogens with zero attached hydrogens (tertiary/aromatic N) is 2. The van der Waals surface area contributed by atoms with Crippen molar-refractivity contribution in [2.75, 3.05) is 31.1 Å². The van der Waals surface area contributed by atoms with Crippen molar-refractivity contribution in [1.29, 1.82) is 0 Å². The molecule has 0 atom stereocenters. The second-order valence-corrected chi connectivity index (χ2v) is 3.41. The zero-order chi connectivity index (χ0) is 9.10. The zero-order valence-corrected chi connectivity index (χ0v) is 8.03. The van der Waals surface area contributed by atoms with E-state index in [0.29, 0.717) is 0 Å². The second-order valence-electron chi connectivity index (χ2n) is 3.41. The van der Waals surface area contributed by atoms with Crippen molar-refractivity contribution in [3.63, 3.8) is 0 Å². The van der Waals surface area contributed by atoms with Gasteiger partial charge in [-0.1, -0.05) is 6.07 Å². The van der Waals surface area contributed by atoms with Gasteiger partial charge in [-0.15, -0.1) is 0 Å². The molecular weight excluding hydrogens is 162 g/mol. The first kappa shape index (κ1) is 8.51. The molecule has 2 heterocycles. The van der Waals surface area contributed by atoms with E-state index >= 15 is 0 Å². The number of aromatic nitrogens is 1. The fourth-order valence-corrected chi connectivity index (χ4v) is 1.74. The molecule has 1 aliphatic heterocycles. The molecule has 2 rings (SSSR count). The van der Waals surface area contributed by atoms with Crippen LogP contribution in [0.4, 0.5) is 5.82 Å². The first-order valence-corrected chi connectivity index (χ1v) is 4.78. The molecule has 13 heavy (non-hydrogen) atoms. The maximum absolute atomic E-state index is 3.35. The van der Waals surface area contributed by atoms with Crippen molar-refractivity contribution in [3.8, 4) is 0 Å². The molecule has 0 aliphatic carbocycles. The van der Waals surface area contributed by atoms with Gasteiger partial charge in [0.05, 0.1) is 26.3 Å². The number of piperazine rings is 1. The van der Waals surface area contributed by atoms with Crippen LogP contribution < -0.4 is 14.8 Å². The minimum absolute atomic E-state index is 1.09. The molecule has 70 valence electrons. The molecule has 0 radical (unpaired) electrons. The van der Waals surface area contributed by atoms with Crippen LogP contribution in [0.5, 0.6) is 0 Å². The Bertz CT molecular complexity index is 279. The summed E-state index contributed by atoms with van der Waals surface area (Å²) < 4.78 is 2.17. The Morgan fingerprint density at radius 1 is 1.31 bits per heavy atom. The number of hydrogen-bond acceptors (Lipinski definition) is 2. The first-order valence-electron chi connectivity index (χ1n) is 4.78. The van der Waals surface area contributed by atoms with Gasteiger partial charge in [-0.05, 0) is 6.07 Å². The van der Waals surface area contributed by atoms with Crippen molar-refractivity contribution >= 4 is 5.82 Å². The van der Waals surface area contributed by atoms with E-state index in [-0.39, 0.29) is 0 Å². The second kappa shape index (κ2) is 3.75. The Morgan fingerprint density at radius 2 is 2.08 bits per heavy atom. The van der Waals surface area contributed by atoms with Crippen LogP contribution in [-0.4, -0.2) is 26.2 Å². The fourth-order valence-electron chi connectivity index (χ4n) is 1.74. The van der Waals surface area contributed by atoms with Crippen LogP contribution in [0.3, 0.4) is 0 Å². The average Bonchev–Trinajstić information content (AvgIpc) is 2.20. The van der Waals surface area contributed by atoms with Crippen molar-refractivity contribution in [3.05, 3.63) is 24.4 Å². The average molecular weight is 178 g/mol. The maximum atomic E-state index is 3.35. The van der Waals surface area contributed by atoms with Gasteiger partial charge in [0.1, 0.15) is 0 Å². The highest BCUT2D eigenvalue weighted by Gasteiger charge is 2.18. The quantitative estimate of drug-likeness (QED) is 0.607. The number of aryl methyl sites for hydroxylation is 1. The smallest absolute Gasteiger partial charge is 0.276 e. The highest BCUT2D eigenvalue weighted by molar-refractivity contribution is 5.32. The van der Waals surface area contributed by atoms with E-state index in [2.05, 4.69) is 46.2 Å². The van der Waals surface area contributed by atoms with E-state index in [1.165, 1.54) is 5.82 Å². The third-order valence-electron chi connectivity index (χ3n) is 2.47. The molecule has 3 nitrogen and oxygen atoms in total. The highest BCUT2D eigenvalue weighted by Crippen LogP contribution is 2.06. The molecule has 0 unspecified atom stereocenters. The molecule has 3 heteroatoms. The summed E-state index contributed by atoms with van der Waals surface area (Å²) in [6, 6.07) is 6.33. The van der Waals surface area contributed by atoms with E-state index in [1.54, 1.807) is 0 Å². The summed E-state index contributed by atoms with van der Waals surface area (Å²) in [4.78, 5) is 2.41. The minimum Gasteiger partial charge on any atom is -0.309 e. The molecule has 0 aromatic carbocycles. The summed E-state index contributed by atoms with van der Waals surface area (Å²) in [6.07, 6.45) is 2.09. The van der Waals surface area contributed by atoms with Crippen LogP contribution in [0.1, 0.15) is 0 Å². The maximum Gasteiger partial charge on any atom is 0.276 e. The van der Waals surface area contributed by atoms with Crippen molar-refractivity contribution in [2.24, 2.45) is 7.05 Å². The van der Waals surface area contributed by atoms with E-state index in [9.17, 15) is 0 Å². The lowest BCUT2D eigenvalue weighted by atomic mass is 10.3. The lowest BCUT2D eigenvalue weighted by Crippen LogP contribution is -2.48. The Kier molecular flexibility index (Phi) is 2.45. The Balaban J connectivity index is 2.18. The zero-order valence-electron chi connectivity index (χ0n) is 8.03. The normalized spacial score (nSPS) is 17.5. The van der Waals surface area contributed by atoms with Gasteiger partial charge in [0.15, 0.2) is 0 Å². The van der Waals surface area contributed by atoms with Crippen LogP contribution in [-0.2, 0) is 7.05 Å². The minimum atomic E-state index is 1.09. The van der Waals surface area contributed by atoms with Crippen molar-refractivity contribution < 1.29 is 4.57 Å². The Hall–Kier alpha value is -1.09. The van der Waals surface area contributed by atoms with Crippen LogP contribution in [0.25, 0.3) is 0 Å². The van der Waals surface area contributed by atoms with Crippen LogP contribution in [0, 0.1) is 0 Å². The summed E-state index contributed by atoms with van der Waals surface area (Å²) >= 11 is 0. The van der Waals surface area contributed by atoms with Crippen LogP contribution in [0.2, 0.25) is 0 Å². The fraction of sp³-hybridized carbons (Fsp3) is 0.500. The van der Waals surface area contributed by atoms with Crippen molar-refractivity contribution in [1.82, 2.24) is 5.32 Å². The predicted octanol–water partition coefficient (Wildman–Crippen LogP) is -0.0793. The summed E-state index contributed by atoms with van der Waals surface area (Å²) in [6.45, 7) is 4.40. The Labute approximate surface area is 79.0 Å². The van der Waals surface area contributed by atoms with E-state index in [4.69, 9.17) is 0 Å². The molecule has 1 fully saturated rings. The molecule has 1 saturated heterocycles. The van der Waals surface area contributed by atoms with E-state index in [1.807, 2.05) is 0 Å². The van der Waals surface area contributed by atoms with Gasteiger partial charge in [-0.25, -0.2) is 4.57 Å². The molecule has 0 amide bonds. The van der Waals surface area contributed by atoms with Gasteiger partial charge < -0.3 is 5.32 Å². The third kappa shape index (κ3) is 1.80. The van der Waals surface area contributed by atoms with E-state index < -0.39 is 0 Å². The standard InChI is InChI=1S/C10H16N3/c1-12-7-3-2-4-10(12)13-8-5-11-6-9-13/h2-4,7,11H,5-6,8-9H2,1H3/q+1. The molecule has 0 saturated carbocycles. The number of hydrogen-bond donors (Lipinski definition) is 1. The van der Waals surface area contributed by atoms with Gasteiger partial charge in [0.25, 0.3) is 5.82 Å². The van der Waals surface area contributed by atoms with Gasteiger partial charge in [-0.3, -0.25) is 4.90 Å². The monoisotopic (exact) mass is 178 g/mol. The SMILES string of the molecule is C[n+]1ccccc1N1CCNCC1. The van der Waals surface area contributed by atoms with E-state index in [0.717, 1.165) is 26.2 Å². The molecular formula is C10H16N3+. The predicted molar refractivity (Wildman–Crippen MR) is 52.7 cm³/mol. The molecule has 1 aromatic rings. The summed E-state index contributed by atoms with van der Waals surface area (Å²) in [7, 11) is 2.09. The molecule has 0 spiro atoms. The summed E-state index contributed by atoms with van der Waals surface area (Å²) in [5, 5.41) is 3.35. The highest BCUT2D eigenvalue weighted by atomic mass is 15.3. The molecule has 1 aromatic heterocycles. The van der Waals surface area contributed by atoms with Gasteiger partial charge in [-0.2, -0.15) is 0 Å². The summed E-state index contributed by atoms with van der Waals surface area (Å²) in [5.74, 6) is 1.31. The lowest BCUT2D eigenvalue weighted by Gasteiger charge is -2.23. The van der Waals surface area contributed by atoms with Gasteiger partial charge in [0, 0.05) is 19.2 Å². The van der Waals surface area contributed by atoms with Gasteiger partial charge >= 0.3 is 0 Å². The Morgan fingerprint density at radius 3 is 2.77 bits per heavy atom. The molecule has 1 N–H and O–H groups in total. The van der Waals surface area contributed by atoms with Crippen molar-refractivity contribution in [2.45, 2.75) is 0 Å². The number of pyridine rings is 1. The number of anilines is 1. The lowest BCUT2D eigenvalue weighted by molar-refractivity contribution is -0.659. The van der Waals surface area contributed by atoms with Crippen LogP contribution in [0.15, 0.2) is 24.4 Å². The summed E-state index contributed by atoms with van der Waals surface area (Å²) in [5.41, 5.74) is 0.